The van der Waals surface area contributed by atoms with Crippen LogP contribution in [-0.4, -0.2) is 40.6 Å². The van der Waals surface area contributed by atoms with E-state index in [0.29, 0.717) is 12.8 Å². The third-order valence-corrected chi connectivity index (χ3v) is 3.63. The van der Waals surface area contributed by atoms with Crippen molar-refractivity contribution in [3.8, 4) is 0 Å². The Morgan fingerprint density at radius 2 is 1.73 bits per heavy atom. The van der Waals surface area contributed by atoms with E-state index in [-0.39, 0.29) is 24.4 Å². The van der Waals surface area contributed by atoms with E-state index < -0.39 is 0 Å². The first-order chi connectivity index (χ1) is 10.3. The average Bonchev–Trinajstić information content (AvgIpc) is 2.43. The minimum absolute atomic E-state index is 0.0108. The first-order valence-electron chi connectivity index (χ1n) is 7.27. The number of nitrogens with one attached hydrogen (secondary N) is 2. The van der Waals surface area contributed by atoms with Crippen LogP contribution in [0, 0.1) is 13.8 Å². The lowest BCUT2D eigenvalue weighted by Crippen LogP contribution is -2.39. The summed E-state index contributed by atoms with van der Waals surface area (Å²) in [5, 5.41) is 6.09. The normalized spacial score (nSPS) is 10.6. The molecule has 0 fully saturated rings. The maximum Gasteiger partial charge on any atom is 0.239 e. The van der Waals surface area contributed by atoms with E-state index in [9.17, 15) is 9.59 Å². The predicted molar refractivity (Wildman–Crippen MR) is 87.9 cm³/mol. The molecule has 1 aromatic rings. The van der Waals surface area contributed by atoms with Gasteiger partial charge in [-0.15, -0.1) is 0 Å². The molecule has 0 atom stereocenters. The molecule has 0 saturated carbocycles. The molecular formula is C15H24N4O2S. The quantitative estimate of drug-likeness (QED) is 0.585. The number of amides is 2. The number of rotatable bonds is 7. The number of aromatic nitrogens is 2. The molecule has 22 heavy (non-hydrogen) atoms. The molecule has 0 unspecified atom stereocenters. The summed E-state index contributed by atoms with van der Waals surface area (Å²) in [5.74, 6) is -0.324. The fourth-order valence-corrected chi connectivity index (χ4v) is 2.50. The van der Waals surface area contributed by atoms with Gasteiger partial charge in [-0.05, 0) is 45.9 Å². The molecule has 2 N–H and O–H groups in total. The van der Waals surface area contributed by atoms with Gasteiger partial charge in [0.25, 0.3) is 0 Å². The number of aryl methyl sites for hydroxylation is 2. The van der Waals surface area contributed by atoms with Gasteiger partial charge in [0, 0.05) is 23.9 Å². The Hall–Kier alpha value is -1.63. The van der Waals surface area contributed by atoms with Gasteiger partial charge >= 0.3 is 0 Å². The Balaban J connectivity index is 2.49. The van der Waals surface area contributed by atoms with Crippen LogP contribution in [0.15, 0.2) is 5.16 Å². The predicted octanol–water partition coefficient (Wildman–Crippen LogP) is 1.39. The molecule has 1 rings (SSSR count). The average molecular weight is 324 g/mol. The monoisotopic (exact) mass is 324 g/mol. The molecule has 0 bridgehead atoms. The van der Waals surface area contributed by atoms with Crippen LogP contribution in [0.5, 0.6) is 0 Å². The number of carbonyl (C=O) groups is 2. The summed E-state index contributed by atoms with van der Waals surface area (Å²) in [6, 6.07) is 0.0711. The highest BCUT2D eigenvalue weighted by molar-refractivity contribution is 7.98. The molecule has 0 aliphatic heterocycles. The van der Waals surface area contributed by atoms with Crippen molar-refractivity contribution >= 4 is 23.6 Å². The third kappa shape index (κ3) is 6.01. The highest BCUT2D eigenvalue weighted by atomic mass is 32.2. The lowest BCUT2D eigenvalue weighted by molar-refractivity contribution is -0.126. The van der Waals surface area contributed by atoms with Crippen LogP contribution >= 0.6 is 11.8 Å². The van der Waals surface area contributed by atoms with Gasteiger partial charge in [0.15, 0.2) is 5.16 Å². The van der Waals surface area contributed by atoms with Gasteiger partial charge in [-0.2, -0.15) is 0 Å². The number of hydrogen-bond donors (Lipinski definition) is 2. The van der Waals surface area contributed by atoms with Crippen LogP contribution in [0.2, 0.25) is 0 Å². The van der Waals surface area contributed by atoms with Crippen molar-refractivity contribution in [2.75, 3.05) is 12.8 Å². The van der Waals surface area contributed by atoms with Crippen LogP contribution in [0.3, 0.4) is 0 Å². The maximum absolute atomic E-state index is 11.8. The van der Waals surface area contributed by atoms with E-state index in [4.69, 9.17) is 0 Å². The van der Waals surface area contributed by atoms with Crippen molar-refractivity contribution in [2.45, 2.75) is 51.7 Å². The highest BCUT2D eigenvalue weighted by Gasteiger charge is 2.11. The molecule has 1 heterocycles. The molecule has 6 nitrogen and oxygen atoms in total. The topological polar surface area (TPSA) is 84.0 Å². The molecule has 0 spiro atoms. The van der Waals surface area contributed by atoms with Crippen molar-refractivity contribution in [3.05, 3.63) is 17.0 Å². The minimum atomic E-state index is -0.177. The second kappa shape index (κ2) is 8.73. The van der Waals surface area contributed by atoms with Crippen molar-refractivity contribution in [2.24, 2.45) is 0 Å². The lowest BCUT2D eigenvalue weighted by atomic mass is 10.1. The van der Waals surface area contributed by atoms with Gasteiger partial charge in [-0.3, -0.25) is 9.59 Å². The molecule has 122 valence electrons. The van der Waals surface area contributed by atoms with Gasteiger partial charge in [-0.1, -0.05) is 11.8 Å². The maximum atomic E-state index is 11.8. The first-order valence-corrected chi connectivity index (χ1v) is 8.50. The van der Waals surface area contributed by atoms with Crippen molar-refractivity contribution < 1.29 is 9.59 Å². The summed E-state index contributed by atoms with van der Waals surface area (Å²) in [4.78, 5) is 32.1. The largest absolute Gasteiger partial charge is 0.352 e. The van der Waals surface area contributed by atoms with Crippen molar-refractivity contribution in [3.63, 3.8) is 0 Å². The van der Waals surface area contributed by atoms with Gasteiger partial charge in [0.1, 0.15) is 0 Å². The molecule has 2 amide bonds. The molecule has 0 aliphatic rings. The molecule has 1 aromatic heterocycles. The summed E-state index contributed by atoms with van der Waals surface area (Å²) in [6.07, 6.45) is 2.83. The molecule has 0 saturated heterocycles. The zero-order chi connectivity index (χ0) is 16.7. The Kier molecular flexibility index (Phi) is 7.31. The van der Waals surface area contributed by atoms with Gasteiger partial charge in [0.05, 0.1) is 6.54 Å². The zero-order valence-corrected chi connectivity index (χ0v) is 14.6. The molecule has 7 heteroatoms. The standard InChI is InChI=1S/C15H24N4O2S/c1-9(2)17-14(21)8-16-13(20)7-6-12-10(3)18-15(22-5)19-11(12)4/h9H,6-8H2,1-5H3,(H,16,20)(H,17,21). The van der Waals surface area contributed by atoms with E-state index >= 15 is 0 Å². The SMILES string of the molecule is CSc1nc(C)c(CCC(=O)NCC(=O)NC(C)C)c(C)n1. The van der Waals surface area contributed by atoms with E-state index in [1.165, 1.54) is 11.8 Å². The van der Waals surface area contributed by atoms with E-state index in [0.717, 1.165) is 22.1 Å². The first kappa shape index (κ1) is 18.4. The molecule has 0 aliphatic carbocycles. The molecule has 0 radical (unpaired) electrons. The fraction of sp³-hybridized carbons (Fsp3) is 0.600. The Morgan fingerprint density at radius 3 is 2.23 bits per heavy atom. The second-order valence-electron chi connectivity index (χ2n) is 5.36. The Labute approximate surface area is 135 Å². The molecule has 0 aromatic carbocycles. The zero-order valence-electron chi connectivity index (χ0n) is 13.8. The smallest absolute Gasteiger partial charge is 0.239 e. The van der Waals surface area contributed by atoms with Gasteiger partial charge in [-0.25, -0.2) is 9.97 Å². The van der Waals surface area contributed by atoms with Crippen LogP contribution in [0.1, 0.15) is 37.2 Å². The summed E-state index contributed by atoms with van der Waals surface area (Å²) in [5.41, 5.74) is 2.81. The lowest BCUT2D eigenvalue weighted by Gasteiger charge is -2.11. The van der Waals surface area contributed by atoms with Crippen LogP contribution in [0.25, 0.3) is 0 Å². The van der Waals surface area contributed by atoms with Crippen LogP contribution < -0.4 is 10.6 Å². The van der Waals surface area contributed by atoms with Crippen molar-refractivity contribution in [1.82, 2.24) is 20.6 Å². The fourth-order valence-electron chi connectivity index (χ4n) is 2.04. The van der Waals surface area contributed by atoms with Gasteiger partial charge in [0.2, 0.25) is 11.8 Å². The number of carbonyl (C=O) groups excluding carboxylic acids is 2. The summed E-state index contributed by atoms with van der Waals surface area (Å²) < 4.78 is 0. The summed E-state index contributed by atoms with van der Waals surface area (Å²) in [7, 11) is 0. The highest BCUT2D eigenvalue weighted by Crippen LogP contribution is 2.16. The Bertz CT molecular complexity index is 523. The molecular weight excluding hydrogens is 300 g/mol. The number of nitrogens with zero attached hydrogens (tertiary/aromatic N) is 2. The third-order valence-electron chi connectivity index (χ3n) is 3.08. The summed E-state index contributed by atoms with van der Waals surface area (Å²) >= 11 is 1.50. The minimum Gasteiger partial charge on any atom is -0.352 e. The van der Waals surface area contributed by atoms with Crippen LogP contribution in [0.4, 0.5) is 0 Å². The Morgan fingerprint density at radius 1 is 1.14 bits per heavy atom. The van der Waals surface area contributed by atoms with Crippen molar-refractivity contribution in [1.29, 1.82) is 0 Å². The number of thioether (sulfide) groups is 1. The van der Waals surface area contributed by atoms with E-state index in [1.54, 1.807) is 0 Å². The number of hydrogen-bond acceptors (Lipinski definition) is 5. The summed E-state index contributed by atoms with van der Waals surface area (Å²) in [6.45, 7) is 7.62. The van der Waals surface area contributed by atoms with Gasteiger partial charge < -0.3 is 10.6 Å². The van der Waals surface area contributed by atoms with Crippen LogP contribution in [-0.2, 0) is 16.0 Å². The van der Waals surface area contributed by atoms with E-state index in [2.05, 4.69) is 20.6 Å². The van der Waals surface area contributed by atoms with E-state index in [1.807, 2.05) is 34.0 Å². The second-order valence-corrected chi connectivity index (χ2v) is 6.13.